The summed E-state index contributed by atoms with van der Waals surface area (Å²) in [5.41, 5.74) is 1.08. The van der Waals surface area contributed by atoms with Gasteiger partial charge >= 0.3 is 5.97 Å². The quantitative estimate of drug-likeness (QED) is 0.462. The van der Waals surface area contributed by atoms with E-state index in [1.807, 2.05) is 18.2 Å². The van der Waals surface area contributed by atoms with E-state index >= 15 is 0 Å². The minimum Gasteiger partial charge on any atom is -0.461 e. The summed E-state index contributed by atoms with van der Waals surface area (Å²) in [6, 6.07) is 5.85. The summed E-state index contributed by atoms with van der Waals surface area (Å²) in [7, 11) is 0. The van der Waals surface area contributed by atoms with Crippen LogP contribution in [-0.4, -0.2) is 22.8 Å². The van der Waals surface area contributed by atoms with Crippen LogP contribution in [0, 0.1) is 0 Å². The van der Waals surface area contributed by atoms with Crippen molar-refractivity contribution in [1.29, 1.82) is 0 Å². The lowest BCUT2D eigenvalue weighted by Crippen LogP contribution is -2.23. The molecule has 2 aliphatic rings. The minimum absolute atomic E-state index is 0.0570. The highest BCUT2D eigenvalue weighted by Crippen LogP contribution is 2.40. The predicted octanol–water partition coefficient (Wildman–Crippen LogP) is 2.64. The number of fused-ring (bicyclic) bond motifs is 1. The average molecular weight is 360 g/mol. The van der Waals surface area contributed by atoms with Crippen LogP contribution in [0.2, 0.25) is 0 Å². The Morgan fingerprint density at radius 2 is 2.11 bits per heavy atom. The molecule has 0 aliphatic carbocycles. The van der Waals surface area contributed by atoms with Gasteiger partial charge in [-0.25, -0.2) is 0 Å². The van der Waals surface area contributed by atoms with Crippen LogP contribution >= 0.6 is 22.6 Å². The third-order valence-corrected chi connectivity index (χ3v) is 4.04. The van der Waals surface area contributed by atoms with Crippen LogP contribution < -0.4 is 9.47 Å². The maximum absolute atomic E-state index is 11.5. The van der Waals surface area contributed by atoms with Crippen LogP contribution in [0.4, 0.5) is 0 Å². The summed E-state index contributed by atoms with van der Waals surface area (Å²) in [5, 5.41) is 0. The number of rotatable bonds is 2. The van der Waals surface area contributed by atoms with E-state index in [9.17, 15) is 4.79 Å². The highest BCUT2D eigenvalue weighted by molar-refractivity contribution is 14.1. The molecule has 1 saturated heterocycles. The Bertz CT molecular complexity index is 486. The number of hydrogen-bond acceptors (Lipinski definition) is 4. The molecule has 3 rings (SSSR count). The maximum Gasteiger partial charge on any atom is 0.306 e. The summed E-state index contributed by atoms with van der Waals surface area (Å²) in [6.45, 7) is 2.33. The number of carbonyl (C=O) groups is 1. The van der Waals surface area contributed by atoms with Crippen molar-refractivity contribution in [2.75, 3.05) is 6.79 Å². The standard InChI is InChI=1S/C13H13IO4/c1-7(14)13-9(5-12(15)18-13)8-2-3-10-11(4-8)17-6-16-10/h2-4,7,9,13H,5-6H2,1H3/t7-,9-,13-/m1/s1. The summed E-state index contributed by atoms with van der Waals surface area (Å²) in [6.07, 6.45) is 0.385. The average Bonchev–Trinajstić information content (AvgIpc) is 2.93. The van der Waals surface area contributed by atoms with E-state index in [1.165, 1.54) is 0 Å². The van der Waals surface area contributed by atoms with Gasteiger partial charge in [0, 0.05) is 9.84 Å². The molecule has 0 saturated carbocycles. The molecular weight excluding hydrogens is 347 g/mol. The third-order valence-electron chi connectivity index (χ3n) is 3.33. The van der Waals surface area contributed by atoms with Crippen LogP contribution in [0.25, 0.3) is 0 Å². The molecule has 1 aromatic rings. The number of cyclic esters (lactones) is 1. The van der Waals surface area contributed by atoms with Gasteiger partial charge in [0.1, 0.15) is 6.10 Å². The van der Waals surface area contributed by atoms with Crippen molar-refractivity contribution in [3.8, 4) is 11.5 Å². The minimum atomic E-state index is -0.119. The number of carbonyl (C=O) groups excluding carboxylic acids is 1. The van der Waals surface area contributed by atoms with Crippen LogP contribution in [0.15, 0.2) is 18.2 Å². The Labute approximate surface area is 119 Å². The first kappa shape index (κ1) is 12.1. The molecule has 0 N–H and O–H groups in total. The zero-order chi connectivity index (χ0) is 12.7. The van der Waals surface area contributed by atoms with E-state index in [-0.39, 0.29) is 28.7 Å². The fourth-order valence-corrected chi connectivity index (χ4v) is 3.09. The maximum atomic E-state index is 11.5. The normalized spacial score (nSPS) is 27.1. The Balaban J connectivity index is 1.91. The fraction of sp³-hybridized carbons (Fsp3) is 0.462. The molecule has 3 atom stereocenters. The number of alkyl halides is 1. The zero-order valence-corrected chi connectivity index (χ0v) is 12.0. The van der Waals surface area contributed by atoms with Crippen LogP contribution in [-0.2, 0) is 9.53 Å². The van der Waals surface area contributed by atoms with Gasteiger partial charge in [-0.2, -0.15) is 0 Å². The van der Waals surface area contributed by atoms with Gasteiger partial charge in [0.25, 0.3) is 0 Å². The Morgan fingerprint density at radius 3 is 2.89 bits per heavy atom. The van der Waals surface area contributed by atoms with Gasteiger partial charge in [0.05, 0.1) is 6.42 Å². The molecule has 0 unspecified atom stereocenters. The van der Waals surface area contributed by atoms with Gasteiger partial charge in [-0.1, -0.05) is 28.7 Å². The van der Waals surface area contributed by atoms with Crippen molar-refractivity contribution >= 4 is 28.6 Å². The first-order valence-electron chi connectivity index (χ1n) is 5.88. The van der Waals surface area contributed by atoms with Crippen molar-refractivity contribution in [1.82, 2.24) is 0 Å². The zero-order valence-electron chi connectivity index (χ0n) is 9.89. The molecule has 2 heterocycles. The van der Waals surface area contributed by atoms with Crippen LogP contribution in [0.1, 0.15) is 24.8 Å². The summed E-state index contributed by atoms with van der Waals surface area (Å²) >= 11 is 2.30. The number of halogens is 1. The van der Waals surface area contributed by atoms with Gasteiger partial charge in [0.15, 0.2) is 11.5 Å². The molecule has 2 aliphatic heterocycles. The Morgan fingerprint density at radius 1 is 1.33 bits per heavy atom. The molecular formula is C13H13IO4. The van der Waals surface area contributed by atoms with Gasteiger partial charge < -0.3 is 14.2 Å². The number of benzene rings is 1. The summed E-state index contributed by atoms with van der Waals surface area (Å²) < 4.78 is 16.3. The molecule has 4 nitrogen and oxygen atoms in total. The number of esters is 1. The molecule has 0 aromatic heterocycles. The largest absolute Gasteiger partial charge is 0.461 e. The van der Waals surface area contributed by atoms with E-state index in [1.54, 1.807) is 0 Å². The van der Waals surface area contributed by atoms with Gasteiger partial charge in [-0.3, -0.25) is 4.79 Å². The lowest BCUT2D eigenvalue weighted by Gasteiger charge is -2.20. The molecule has 0 amide bonds. The van der Waals surface area contributed by atoms with Gasteiger partial charge in [0.2, 0.25) is 6.79 Å². The van der Waals surface area contributed by atoms with Gasteiger partial charge in [-0.05, 0) is 24.6 Å². The smallest absolute Gasteiger partial charge is 0.306 e. The first-order valence-corrected chi connectivity index (χ1v) is 7.13. The monoisotopic (exact) mass is 360 g/mol. The number of ether oxygens (including phenoxy) is 3. The molecule has 1 fully saturated rings. The second kappa shape index (κ2) is 4.60. The SMILES string of the molecule is C[C@@H](I)[C@H]1OC(=O)C[C@@H]1c1ccc2c(c1)OCO2. The van der Waals surface area contributed by atoms with Crippen LogP contribution in [0.5, 0.6) is 11.5 Å². The fourth-order valence-electron chi connectivity index (χ4n) is 2.44. The highest BCUT2D eigenvalue weighted by atomic mass is 127. The molecule has 18 heavy (non-hydrogen) atoms. The first-order chi connectivity index (χ1) is 8.65. The molecule has 1 aromatic carbocycles. The van der Waals surface area contributed by atoms with Crippen molar-refractivity contribution in [3.63, 3.8) is 0 Å². The highest BCUT2D eigenvalue weighted by Gasteiger charge is 2.38. The van der Waals surface area contributed by atoms with Gasteiger partial charge in [-0.15, -0.1) is 0 Å². The molecule has 96 valence electrons. The molecule has 0 bridgehead atoms. The molecule has 5 heteroatoms. The van der Waals surface area contributed by atoms with E-state index in [0.717, 1.165) is 17.1 Å². The van der Waals surface area contributed by atoms with Crippen molar-refractivity contribution in [2.45, 2.75) is 29.3 Å². The second-order valence-electron chi connectivity index (χ2n) is 4.56. The van der Waals surface area contributed by atoms with Crippen LogP contribution in [0.3, 0.4) is 0 Å². The third kappa shape index (κ3) is 2.04. The topological polar surface area (TPSA) is 44.8 Å². The van der Waals surface area contributed by atoms with E-state index in [2.05, 4.69) is 29.5 Å². The van der Waals surface area contributed by atoms with Crippen molar-refractivity contribution < 1.29 is 19.0 Å². The Kier molecular flexibility index (Phi) is 3.09. The van der Waals surface area contributed by atoms with Crippen molar-refractivity contribution in [3.05, 3.63) is 23.8 Å². The van der Waals surface area contributed by atoms with E-state index < -0.39 is 0 Å². The summed E-state index contributed by atoms with van der Waals surface area (Å²) in [5.74, 6) is 1.51. The Hall–Kier alpha value is -0.980. The van der Waals surface area contributed by atoms with E-state index in [4.69, 9.17) is 14.2 Å². The summed E-state index contributed by atoms with van der Waals surface area (Å²) in [4.78, 5) is 11.5. The molecule has 0 spiro atoms. The number of hydrogen-bond donors (Lipinski definition) is 0. The molecule has 0 radical (unpaired) electrons. The van der Waals surface area contributed by atoms with E-state index in [0.29, 0.717) is 6.42 Å². The lowest BCUT2D eigenvalue weighted by molar-refractivity contribution is -0.141. The van der Waals surface area contributed by atoms with Crippen molar-refractivity contribution in [2.24, 2.45) is 0 Å². The second-order valence-corrected chi connectivity index (χ2v) is 6.52. The lowest BCUT2D eigenvalue weighted by atomic mass is 9.91. The predicted molar refractivity (Wildman–Crippen MR) is 73.3 cm³/mol.